The molecule has 0 radical (unpaired) electrons. The van der Waals surface area contributed by atoms with Crippen molar-refractivity contribution >= 4 is 5.69 Å². The number of nitrogen functional groups attached to an aromatic ring is 1. The molecular formula is C14H14N2O. The zero-order chi connectivity index (χ0) is 11.8. The van der Waals surface area contributed by atoms with Crippen LogP contribution in [0.2, 0.25) is 0 Å². The van der Waals surface area contributed by atoms with Gasteiger partial charge in [-0.2, -0.15) is 0 Å². The summed E-state index contributed by atoms with van der Waals surface area (Å²) < 4.78 is 1.85. The van der Waals surface area contributed by atoms with Crippen molar-refractivity contribution in [3.63, 3.8) is 0 Å². The van der Waals surface area contributed by atoms with Gasteiger partial charge in [-0.15, -0.1) is 0 Å². The van der Waals surface area contributed by atoms with Crippen LogP contribution in [-0.2, 0) is 13.0 Å². The molecule has 1 aliphatic rings. The van der Waals surface area contributed by atoms with Crippen molar-refractivity contribution in [1.82, 2.24) is 4.57 Å². The molecule has 2 aromatic rings. The van der Waals surface area contributed by atoms with E-state index in [4.69, 9.17) is 5.73 Å². The van der Waals surface area contributed by atoms with Crippen LogP contribution in [0, 0.1) is 0 Å². The van der Waals surface area contributed by atoms with Crippen LogP contribution in [0.15, 0.2) is 41.2 Å². The molecule has 17 heavy (non-hydrogen) atoms. The van der Waals surface area contributed by atoms with Crippen LogP contribution in [0.3, 0.4) is 0 Å². The largest absolute Gasteiger partial charge is 0.398 e. The van der Waals surface area contributed by atoms with Gasteiger partial charge in [0, 0.05) is 29.6 Å². The van der Waals surface area contributed by atoms with Crippen LogP contribution < -0.4 is 11.3 Å². The number of nitrogens with zero attached hydrogens (tertiary/aromatic N) is 1. The zero-order valence-corrected chi connectivity index (χ0v) is 9.52. The molecule has 1 aromatic heterocycles. The van der Waals surface area contributed by atoms with Crippen molar-refractivity contribution in [2.24, 2.45) is 0 Å². The number of anilines is 1. The molecule has 1 aliphatic heterocycles. The first-order valence-electron chi connectivity index (χ1n) is 5.85. The van der Waals surface area contributed by atoms with Crippen molar-refractivity contribution in [2.45, 2.75) is 19.4 Å². The Morgan fingerprint density at radius 1 is 1.18 bits per heavy atom. The van der Waals surface area contributed by atoms with E-state index in [-0.39, 0.29) is 5.56 Å². The topological polar surface area (TPSA) is 48.0 Å². The normalized spacial score (nSPS) is 13.6. The predicted molar refractivity (Wildman–Crippen MR) is 68.9 cm³/mol. The Hall–Kier alpha value is -2.03. The van der Waals surface area contributed by atoms with Gasteiger partial charge in [0.2, 0.25) is 0 Å². The number of aromatic nitrogens is 1. The Balaban J connectivity index is 2.31. The number of fused-ring (bicyclic) bond motifs is 1. The third kappa shape index (κ3) is 1.55. The standard InChI is InChI=1S/C14H14N2O/c15-11-9-13(17)16-8-4-7-12(16)14(11)10-5-2-1-3-6-10/h1-3,5-6,9H,4,7-8,15H2. The molecule has 1 aromatic carbocycles. The van der Waals surface area contributed by atoms with Gasteiger partial charge in [0.1, 0.15) is 0 Å². The molecule has 0 atom stereocenters. The summed E-state index contributed by atoms with van der Waals surface area (Å²) in [6.45, 7) is 0.814. The third-order valence-electron chi connectivity index (χ3n) is 3.31. The first-order chi connectivity index (χ1) is 8.27. The van der Waals surface area contributed by atoms with E-state index >= 15 is 0 Å². The van der Waals surface area contributed by atoms with Gasteiger partial charge in [-0.3, -0.25) is 4.79 Å². The first kappa shape index (κ1) is 10.1. The van der Waals surface area contributed by atoms with Crippen LogP contribution in [0.4, 0.5) is 5.69 Å². The maximum atomic E-state index is 11.8. The second-order valence-electron chi connectivity index (χ2n) is 4.38. The molecule has 0 saturated carbocycles. The van der Waals surface area contributed by atoms with Gasteiger partial charge < -0.3 is 10.3 Å². The number of hydrogen-bond acceptors (Lipinski definition) is 2. The summed E-state index contributed by atoms with van der Waals surface area (Å²) in [6, 6.07) is 11.6. The molecule has 3 rings (SSSR count). The lowest BCUT2D eigenvalue weighted by Gasteiger charge is -2.12. The molecule has 86 valence electrons. The minimum absolute atomic E-state index is 0.0229. The fourth-order valence-corrected chi connectivity index (χ4v) is 2.57. The van der Waals surface area contributed by atoms with E-state index < -0.39 is 0 Å². The lowest BCUT2D eigenvalue weighted by atomic mass is 10.0. The summed E-state index contributed by atoms with van der Waals surface area (Å²) in [5.74, 6) is 0. The lowest BCUT2D eigenvalue weighted by Crippen LogP contribution is -2.20. The number of hydrogen-bond donors (Lipinski definition) is 1. The van der Waals surface area contributed by atoms with E-state index in [9.17, 15) is 4.79 Å². The molecule has 0 aliphatic carbocycles. The molecule has 0 amide bonds. The van der Waals surface area contributed by atoms with Crippen LogP contribution in [-0.4, -0.2) is 4.57 Å². The van der Waals surface area contributed by atoms with Crippen LogP contribution in [0.5, 0.6) is 0 Å². The maximum absolute atomic E-state index is 11.8. The van der Waals surface area contributed by atoms with Crippen LogP contribution >= 0.6 is 0 Å². The van der Waals surface area contributed by atoms with Gasteiger partial charge in [-0.25, -0.2) is 0 Å². The lowest BCUT2D eigenvalue weighted by molar-refractivity contribution is 0.722. The highest BCUT2D eigenvalue weighted by Crippen LogP contribution is 2.31. The molecule has 0 fully saturated rings. The van der Waals surface area contributed by atoms with Crippen molar-refractivity contribution in [1.29, 1.82) is 0 Å². The van der Waals surface area contributed by atoms with E-state index in [0.29, 0.717) is 5.69 Å². The minimum Gasteiger partial charge on any atom is -0.398 e. The quantitative estimate of drug-likeness (QED) is 0.809. The molecule has 2 N–H and O–H groups in total. The molecule has 2 heterocycles. The predicted octanol–water partition coefficient (Wildman–Crippen LogP) is 2.04. The molecule has 3 heteroatoms. The van der Waals surface area contributed by atoms with Gasteiger partial charge in [0.25, 0.3) is 5.56 Å². The summed E-state index contributed by atoms with van der Waals surface area (Å²) >= 11 is 0. The number of benzene rings is 1. The van der Waals surface area contributed by atoms with Gasteiger partial charge in [-0.05, 0) is 18.4 Å². The smallest absolute Gasteiger partial charge is 0.252 e. The second kappa shape index (κ2) is 3.77. The van der Waals surface area contributed by atoms with E-state index in [1.807, 2.05) is 34.9 Å². The molecule has 0 unspecified atom stereocenters. The van der Waals surface area contributed by atoms with E-state index in [0.717, 1.165) is 36.2 Å². The van der Waals surface area contributed by atoms with Crippen molar-refractivity contribution < 1.29 is 0 Å². The van der Waals surface area contributed by atoms with Gasteiger partial charge in [0.05, 0.1) is 0 Å². The average Bonchev–Trinajstić information content (AvgIpc) is 2.79. The molecule has 0 saturated heterocycles. The van der Waals surface area contributed by atoms with E-state index in [1.165, 1.54) is 6.07 Å². The first-order valence-corrected chi connectivity index (χ1v) is 5.85. The van der Waals surface area contributed by atoms with E-state index in [2.05, 4.69) is 0 Å². The molecule has 3 nitrogen and oxygen atoms in total. The average molecular weight is 226 g/mol. The summed E-state index contributed by atoms with van der Waals surface area (Å²) in [7, 11) is 0. The third-order valence-corrected chi connectivity index (χ3v) is 3.31. The SMILES string of the molecule is Nc1cc(=O)n2c(c1-c1ccccc1)CCC2. The van der Waals surface area contributed by atoms with Crippen molar-refractivity contribution in [3.05, 3.63) is 52.4 Å². The summed E-state index contributed by atoms with van der Waals surface area (Å²) in [5, 5.41) is 0. The van der Waals surface area contributed by atoms with Crippen molar-refractivity contribution in [3.8, 4) is 11.1 Å². The van der Waals surface area contributed by atoms with Gasteiger partial charge >= 0.3 is 0 Å². The van der Waals surface area contributed by atoms with Crippen LogP contribution in [0.1, 0.15) is 12.1 Å². The molecule has 0 spiro atoms. The fourth-order valence-electron chi connectivity index (χ4n) is 2.57. The Labute approximate surface area is 99.5 Å². The molecule has 0 bridgehead atoms. The highest BCUT2D eigenvalue weighted by molar-refractivity contribution is 5.78. The van der Waals surface area contributed by atoms with E-state index in [1.54, 1.807) is 0 Å². The molecular weight excluding hydrogens is 212 g/mol. The second-order valence-corrected chi connectivity index (χ2v) is 4.38. The summed E-state index contributed by atoms with van der Waals surface area (Å²) in [5.41, 5.74) is 9.84. The van der Waals surface area contributed by atoms with Crippen LogP contribution in [0.25, 0.3) is 11.1 Å². The minimum atomic E-state index is 0.0229. The Bertz CT molecular complexity index is 614. The highest BCUT2D eigenvalue weighted by Gasteiger charge is 2.19. The Kier molecular flexibility index (Phi) is 2.25. The number of pyridine rings is 1. The number of rotatable bonds is 1. The van der Waals surface area contributed by atoms with Gasteiger partial charge in [-0.1, -0.05) is 30.3 Å². The summed E-state index contributed by atoms with van der Waals surface area (Å²) in [6.07, 6.45) is 1.96. The highest BCUT2D eigenvalue weighted by atomic mass is 16.1. The van der Waals surface area contributed by atoms with Crippen molar-refractivity contribution in [2.75, 3.05) is 5.73 Å². The fraction of sp³-hybridized carbons (Fsp3) is 0.214. The number of nitrogens with two attached hydrogens (primary N) is 1. The summed E-state index contributed by atoms with van der Waals surface area (Å²) in [4.78, 5) is 11.8. The maximum Gasteiger partial charge on any atom is 0.252 e. The van der Waals surface area contributed by atoms with Gasteiger partial charge in [0.15, 0.2) is 0 Å². The Morgan fingerprint density at radius 2 is 1.94 bits per heavy atom. The Morgan fingerprint density at radius 3 is 2.71 bits per heavy atom. The monoisotopic (exact) mass is 226 g/mol. The zero-order valence-electron chi connectivity index (χ0n) is 9.52.